The molecule has 3 aromatic rings. The number of benzene rings is 3. The van der Waals surface area contributed by atoms with Gasteiger partial charge in [-0.1, -0.05) is 67.9 Å². The van der Waals surface area contributed by atoms with E-state index in [1.807, 2.05) is 66.7 Å². The van der Waals surface area contributed by atoms with Crippen LogP contribution in [-0.4, -0.2) is 36.2 Å². The van der Waals surface area contributed by atoms with Gasteiger partial charge in [-0.25, -0.2) is 0 Å². The Morgan fingerprint density at radius 2 is 1.37 bits per heavy atom. The molecule has 1 N–H and O–H groups in total. The first-order valence-electron chi connectivity index (χ1n) is 10.3. The van der Waals surface area contributed by atoms with Crippen LogP contribution in [0.5, 0.6) is 11.5 Å². The fourth-order valence-electron chi connectivity index (χ4n) is 3.33. The predicted molar refractivity (Wildman–Crippen MR) is 126 cm³/mol. The molecule has 0 aliphatic carbocycles. The number of hydrogen-bond acceptors (Lipinski definition) is 3. The number of aromatic hydroxyl groups is 1. The maximum atomic E-state index is 9.60. The zero-order valence-corrected chi connectivity index (χ0v) is 18.3. The van der Waals surface area contributed by atoms with Gasteiger partial charge in [-0.05, 0) is 66.2 Å². The minimum absolute atomic E-state index is 0.218. The molecular weight excluding hydrogens is 394 g/mol. The molecule has 0 heterocycles. The molecule has 30 heavy (non-hydrogen) atoms. The summed E-state index contributed by atoms with van der Waals surface area (Å²) >= 11 is 6.85. The maximum Gasteiger partial charge on any atom is 0.119 e. The largest absolute Gasteiger partial charge is 0.508 e. The number of nitrogens with zero attached hydrogens (tertiary/aromatic N) is 1. The topological polar surface area (TPSA) is 32.7 Å². The van der Waals surface area contributed by atoms with Crippen molar-refractivity contribution in [1.82, 2.24) is 4.90 Å². The van der Waals surface area contributed by atoms with Crippen LogP contribution in [0.15, 0.2) is 78.9 Å². The Morgan fingerprint density at radius 1 is 0.800 bits per heavy atom. The van der Waals surface area contributed by atoms with E-state index in [0.29, 0.717) is 11.6 Å². The zero-order valence-electron chi connectivity index (χ0n) is 17.5. The standard InChI is InChI=1S/C26H28ClNO2/c1-3-28(4-2)18-19-30-24-16-12-21(13-17-24)25(20-8-6-5-7-9-20)26(27)22-10-14-23(29)15-11-22/h5-17,29H,3-4,18-19H2,1-2H3/b26-25+. The summed E-state index contributed by atoms with van der Waals surface area (Å²) in [7, 11) is 0. The minimum atomic E-state index is 0.218. The first-order valence-corrected chi connectivity index (χ1v) is 10.7. The lowest BCUT2D eigenvalue weighted by Crippen LogP contribution is -2.27. The van der Waals surface area contributed by atoms with Crippen LogP contribution in [0, 0.1) is 0 Å². The van der Waals surface area contributed by atoms with E-state index in [4.69, 9.17) is 16.3 Å². The van der Waals surface area contributed by atoms with Crippen molar-refractivity contribution in [2.45, 2.75) is 13.8 Å². The van der Waals surface area contributed by atoms with Crippen LogP contribution >= 0.6 is 11.6 Å². The summed E-state index contributed by atoms with van der Waals surface area (Å²) in [6, 6.07) is 25.1. The van der Waals surface area contributed by atoms with Crippen LogP contribution in [-0.2, 0) is 0 Å². The van der Waals surface area contributed by atoms with Crippen LogP contribution < -0.4 is 4.74 Å². The van der Waals surface area contributed by atoms with Crippen LogP contribution in [0.2, 0.25) is 0 Å². The van der Waals surface area contributed by atoms with Crippen molar-refractivity contribution < 1.29 is 9.84 Å². The highest BCUT2D eigenvalue weighted by atomic mass is 35.5. The van der Waals surface area contributed by atoms with Gasteiger partial charge in [0.15, 0.2) is 0 Å². The number of phenolic OH excluding ortho intramolecular Hbond substituents is 1. The summed E-state index contributed by atoms with van der Waals surface area (Å²) in [6.45, 7) is 7.95. The van der Waals surface area contributed by atoms with E-state index in [2.05, 4.69) is 18.7 Å². The number of ether oxygens (including phenoxy) is 1. The van der Waals surface area contributed by atoms with Crippen molar-refractivity contribution >= 4 is 22.2 Å². The van der Waals surface area contributed by atoms with E-state index >= 15 is 0 Å². The molecule has 0 fully saturated rings. The van der Waals surface area contributed by atoms with Crippen LogP contribution in [0.4, 0.5) is 0 Å². The second kappa shape index (κ2) is 10.9. The van der Waals surface area contributed by atoms with Gasteiger partial charge in [0.25, 0.3) is 0 Å². The molecule has 0 spiro atoms. The van der Waals surface area contributed by atoms with Gasteiger partial charge in [-0.3, -0.25) is 0 Å². The van der Waals surface area contributed by atoms with Crippen LogP contribution in [0.3, 0.4) is 0 Å². The van der Waals surface area contributed by atoms with E-state index in [1.165, 1.54) is 0 Å². The van der Waals surface area contributed by atoms with Crippen LogP contribution in [0.25, 0.3) is 10.6 Å². The first kappa shape index (κ1) is 21.9. The first-order chi connectivity index (χ1) is 14.6. The Balaban J connectivity index is 1.88. The lowest BCUT2D eigenvalue weighted by atomic mass is 9.95. The van der Waals surface area contributed by atoms with E-state index in [0.717, 1.165) is 47.6 Å². The monoisotopic (exact) mass is 421 g/mol. The van der Waals surface area contributed by atoms with Gasteiger partial charge in [-0.2, -0.15) is 0 Å². The highest BCUT2D eigenvalue weighted by molar-refractivity contribution is 6.53. The number of halogens is 1. The fraction of sp³-hybridized carbons (Fsp3) is 0.231. The van der Waals surface area contributed by atoms with Crippen molar-refractivity contribution in [3.8, 4) is 11.5 Å². The van der Waals surface area contributed by atoms with Crippen LogP contribution in [0.1, 0.15) is 30.5 Å². The molecule has 0 unspecified atom stereocenters. The van der Waals surface area contributed by atoms with Gasteiger partial charge >= 0.3 is 0 Å². The summed E-state index contributed by atoms with van der Waals surface area (Å²) in [4.78, 5) is 2.34. The van der Waals surface area contributed by atoms with Crippen molar-refractivity contribution in [2.24, 2.45) is 0 Å². The number of rotatable bonds is 9. The molecular formula is C26H28ClNO2. The van der Waals surface area contributed by atoms with Crippen molar-refractivity contribution in [3.63, 3.8) is 0 Å². The van der Waals surface area contributed by atoms with Gasteiger partial charge in [0, 0.05) is 12.1 Å². The van der Waals surface area contributed by atoms with Crippen molar-refractivity contribution in [2.75, 3.05) is 26.2 Å². The zero-order chi connectivity index (χ0) is 21.3. The third-order valence-electron chi connectivity index (χ3n) is 5.12. The quantitative estimate of drug-likeness (QED) is 0.413. The third-order valence-corrected chi connectivity index (χ3v) is 5.52. The SMILES string of the molecule is CCN(CC)CCOc1ccc(/C(=C(/Cl)c2ccc(O)cc2)c2ccccc2)cc1. The molecule has 0 aromatic heterocycles. The molecule has 0 amide bonds. The molecule has 3 rings (SSSR count). The summed E-state index contributed by atoms with van der Waals surface area (Å²) in [6.07, 6.45) is 0. The highest BCUT2D eigenvalue weighted by Crippen LogP contribution is 2.35. The molecule has 0 saturated heterocycles. The van der Waals surface area contributed by atoms with E-state index < -0.39 is 0 Å². The van der Waals surface area contributed by atoms with Gasteiger partial charge in [0.1, 0.15) is 18.1 Å². The van der Waals surface area contributed by atoms with Gasteiger partial charge in [0.2, 0.25) is 0 Å². The van der Waals surface area contributed by atoms with Gasteiger partial charge in [-0.15, -0.1) is 0 Å². The van der Waals surface area contributed by atoms with Gasteiger partial charge < -0.3 is 14.7 Å². The molecule has 3 aromatic carbocycles. The lowest BCUT2D eigenvalue weighted by molar-refractivity contribution is 0.223. The Labute approximate surface area is 184 Å². The Morgan fingerprint density at radius 3 is 1.97 bits per heavy atom. The molecule has 0 aliphatic rings. The predicted octanol–water partition coefficient (Wildman–Crippen LogP) is 6.27. The summed E-state index contributed by atoms with van der Waals surface area (Å²) < 4.78 is 5.92. The van der Waals surface area contributed by atoms with Gasteiger partial charge in [0.05, 0.1) is 5.03 Å². The summed E-state index contributed by atoms with van der Waals surface area (Å²) in [5.41, 5.74) is 3.84. The second-order valence-electron chi connectivity index (χ2n) is 7.00. The van der Waals surface area contributed by atoms with Crippen molar-refractivity contribution in [3.05, 3.63) is 95.6 Å². The minimum Gasteiger partial charge on any atom is -0.508 e. The van der Waals surface area contributed by atoms with E-state index in [9.17, 15) is 5.11 Å². The highest BCUT2D eigenvalue weighted by Gasteiger charge is 2.13. The molecule has 0 bridgehead atoms. The molecule has 156 valence electrons. The molecule has 0 atom stereocenters. The number of hydrogen-bond donors (Lipinski definition) is 1. The molecule has 0 radical (unpaired) electrons. The Kier molecular flexibility index (Phi) is 7.95. The maximum absolute atomic E-state index is 9.60. The number of phenols is 1. The Bertz CT molecular complexity index is 947. The van der Waals surface area contributed by atoms with E-state index in [1.54, 1.807) is 12.1 Å². The fourth-order valence-corrected chi connectivity index (χ4v) is 3.67. The average molecular weight is 422 g/mol. The lowest BCUT2D eigenvalue weighted by Gasteiger charge is -2.18. The van der Waals surface area contributed by atoms with Crippen molar-refractivity contribution in [1.29, 1.82) is 0 Å². The Hall–Kier alpha value is -2.75. The summed E-state index contributed by atoms with van der Waals surface area (Å²) in [5, 5.41) is 10.2. The molecule has 4 heteroatoms. The second-order valence-corrected chi connectivity index (χ2v) is 7.38. The number of likely N-dealkylation sites (N-methyl/N-ethyl adjacent to an activating group) is 1. The van der Waals surface area contributed by atoms with E-state index in [-0.39, 0.29) is 5.75 Å². The average Bonchev–Trinajstić information content (AvgIpc) is 2.79. The normalized spacial score (nSPS) is 12.0. The summed E-state index contributed by atoms with van der Waals surface area (Å²) in [5.74, 6) is 1.06. The smallest absolute Gasteiger partial charge is 0.119 e. The molecule has 0 saturated carbocycles. The molecule has 3 nitrogen and oxygen atoms in total. The third kappa shape index (κ3) is 5.65. The molecule has 0 aliphatic heterocycles.